The fraction of sp³-hybridized carbons (Fsp3) is 0.440. The van der Waals surface area contributed by atoms with Gasteiger partial charge in [-0.25, -0.2) is 0 Å². The first-order valence-electron chi connectivity index (χ1n) is 10.5. The molecule has 0 fully saturated rings. The molecule has 0 aromatic heterocycles. The van der Waals surface area contributed by atoms with Crippen LogP contribution >= 0.6 is 11.8 Å². The first-order valence-corrected chi connectivity index (χ1v) is 11.6. The second-order valence-electron chi connectivity index (χ2n) is 8.77. The van der Waals surface area contributed by atoms with Crippen LogP contribution in [-0.2, 0) is 21.9 Å². The van der Waals surface area contributed by atoms with Crippen molar-refractivity contribution in [3.63, 3.8) is 0 Å². The molecule has 0 saturated carbocycles. The average molecular weight is 443 g/mol. The fourth-order valence-corrected chi connectivity index (χ4v) is 3.92. The summed E-state index contributed by atoms with van der Waals surface area (Å²) in [5, 5.41) is 2.99. The summed E-state index contributed by atoms with van der Waals surface area (Å²) in [5.74, 6) is 1.57. The molecule has 5 nitrogen and oxygen atoms in total. The normalized spacial score (nSPS) is 12.2. The summed E-state index contributed by atoms with van der Waals surface area (Å²) >= 11 is 1.56. The Morgan fingerprint density at radius 1 is 1.10 bits per heavy atom. The van der Waals surface area contributed by atoms with Crippen LogP contribution < -0.4 is 10.1 Å². The number of carbonyl (C=O) groups excluding carboxylic acids is 2. The molecule has 0 aliphatic carbocycles. The quantitative estimate of drug-likeness (QED) is 0.618. The van der Waals surface area contributed by atoms with E-state index in [0.29, 0.717) is 12.3 Å². The minimum absolute atomic E-state index is 0.0588. The van der Waals surface area contributed by atoms with E-state index in [1.54, 1.807) is 30.7 Å². The lowest BCUT2D eigenvalue weighted by atomic mass is 10.1. The molecule has 0 unspecified atom stereocenters. The molecule has 2 aromatic carbocycles. The van der Waals surface area contributed by atoms with Crippen LogP contribution in [0, 0.1) is 6.92 Å². The van der Waals surface area contributed by atoms with Crippen LogP contribution in [0.15, 0.2) is 48.5 Å². The molecule has 0 spiro atoms. The fourth-order valence-electron chi connectivity index (χ4n) is 3.05. The van der Waals surface area contributed by atoms with Crippen molar-refractivity contribution in [3.8, 4) is 5.75 Å². The molecule has 2 aromatic rings. The van der Waals surface area contributed by atoms with Crippen molar-refractivity contribution in [2.75, 3.05) is 12.9 Å². The highest BCUT2D eigenvalue weighted by Crippen LogP contribution is 2.19. The number of aryl methyl sites for hydroxylation is 1. The van der Waals surface area contributed by atoms with Crippen LogP contribution in [0.5, 0.6) is 5.75 Å². The van der Waals surface area contributed by atoms with Crippen LogP contribution in [0.1, 0.15) is 44.4 Å². The van der Waals surface area contributed by atoms with Crippen LogP contribution in [0.25, 0.3) is 0 Å². The molecule has 0 aliphatic heterocycles. The predicted molar refractivity (Wildman–Crippen MR) is 128 cm³/mol. The molecular formula is C25H34N2O3S. The van der Waals surface area contributed by atoms with Crippen LogP contribution in [0.4, 0.5) is 0 Å². The number of benzene rings is 2. The Hall–Kier alpha value is -2.47. The van der Waals surface area contributed by atoms with E-state index in [1.807, 2.05) is 45.0 Å². The molecule has 31 heavy (non-hydrogen) atoms. The largest absolute Gasteiger partial charge is 0.497 e. The predicted octanol–water partition coefficient (Wildman–Crippen LogP) is 4.57. The number of nitrogens with zero attached hydrogens (tertiary/aromatic N) is 1. The van der Waals surface area contributed by atoms with Crippen molar-refractivity contribution < 1.29 is 14.3 Å². The topological polar surface area (TPSA) is 58.6 Å². The second kappa shape index (κ2) is 11.2. The van der Waals surface area contributed by atoms with Gasteiger partial charge in [0.15, 0.2) is 0 Å². The molecule has 0 radical (unpaired) electrons. The van der Waals surface area contributed by atoms with Gasteiger partial charge in [-0.3, -0.25) is 9.59 Å². The zero-order valence-electron chi connectivity index (χ0n) is 19.4. The minimum Gasteiger partial charge on any atom is -0.497 e. The Kier molecular flexibility index (Phi) is 8.99. The summed E-state index contributed by atoms with van der Waals surface area (Å²) in [6.45, 7) is 9.99. The Morgan fingerprint density at radius 3 is 2.39 bits per heavy atom. The molecule has 168 valence electrons. The molecule has 2 amide bonds. The number of carbonyl (C=O) groups is 2. The number of rotatable bonds is 9. The van der Waals surface area contributed by atoms with Gasteiger partial charge in [0, 0.05) is 17.8 Å². The van der Waals surface area contributed by atoms with Gasteiger partial charge in [0.25, 0.3) is 0 Å². The average Bonchev–Trinajstić information content (AvgIpc) is 2.71. The van der Waals surface area contributed by atoms with Crippen molar-refractivity contribution in [2.24, 2.45) is 0 Å². The number of amides is 2. The van der Waals surface area contributed by atoms with E-state index >= 15 is 0 Å². The van der Waals surface area contributed by atoms with Crippen LogP contribution in [0.3, 0.4) is 0 Å². The summed E-state index contributed by atoms with van der Waals surface area (Å²) < 4.78 is 5.31. The number of thioether (sulfide) groups is 1. The number of hydrogen-bond donors (Lipinski definition) is 1. The summed E-state index contributed by atoms with van der Waals surface area (Å²) in [6.07, 6.45) is 0. The van der Waals surface area contributed by atoms with Crippen molar-refractivity contribution in [1.29, 1.82) is 0 Å². The Balaban J connectivity index is 2.11. The highest BCUT2D eigenvalue weighted by Gasteiger charge is 2.28. The zero-order chi connectivity index (χ0) is 23.0. The van der Waals surface area contributed by atoms with Crippen molar-refractivity contribution >= 4 is 23.6 Å². The second-order valence-corrected chi connectivity index (χ2v) is 9.75. The van der Waals surface area contributed by atoms with Gasteiger partial charge in [0.05, 0.1) is 12.9 Å². The van der Waals surface area contributed by atoms with Crippen molar-refractivity contribution in [1.82, 2.24) is 10.2 Å². The van der Waals surface area contributed by atoms with Gasteiger partial charge in [0.1, 0.15) is 11.8 Å². The van der Waals surface area contributed by atoms with Crippen LogP contribution in [0.2, 0.25) is 0 Å². The van der Waals surface area contributed by atoms with E-state index in [-0.39, 0.29) is 17.4 Å². The lowest BCUT2D eigenvalue weighted by Crippen LogP contribution is -2.52. The molecule has 0 heterocycles. The van der Waals surface area contributed by atoms with Crippen LogP contribution in [-0.4, -0.2) is 41.2 Å². The number of hydrogen-bond acceptors (Lipinski definition) is 4. The monoisotopic (exact) mass is 442 g/mol. The maximum Gasteiger partial charge on any atom is 0.242 e. The number of methoxy groups -OCH3 is 1. The molecule has 6 heteroatoms. The van der Waals surface area contributed by atoms with Gasteiger partial charge in [-0.2, -0.15) is 0 Å². The van der Waals surface area contributed by atoms with Gasteiger partial charge in [-0.05, 0) is 57.9 Å². The van der Waals surface area contributed by atoms with Gasteiger partial charge < -0.3 is 15.0 Å². The summed E-state index contributed by atoms with van der Waals surface area (Å²) in [7, 11) is 1.61. The number of nitrogens with one attached hydrogen (secondary N) is 1. The SMILES string of the molecule is COc1cccc(CN(C(=O)CSCc2ccc(C)cc2)[C@@H](C)C(=O)NC(C)(C)C)c1. The molecule has 0 saturated heterocycles. The molecule has 2 rings (SSSR count). The van der Waals surface area contributed by atoms with Gasteiger partial charge in [-0.15, -0.1) is 11.8 Å². The third-order valence-electron chi connectivity index (χ3n) is 4.77. The van der Waals surface area contributed by atoms with E-state index < -0.39 is 6.04 Å². The summed E-state index contributed by atoms with van der Waals surface area (Å²) in [5.41, 5.74) is 2.96. The van der Waals surface area contributed by atoms with Gasteiger partial charge in [0.2, 0.25) is 11.8 Å². The smallest absolute Gasteiger partial charge is 0.242 e. The third-order valence-corrected chi connectivity index (χ3v) is 5.76. The number of ether oxygens (including phenoxy) is 1. The maximum absolute atomic E-state index is 13.2. The summed E-state index contributed by atoms with van der Waals surface area (Å²) in [4.78, 5) is 27.6. The van der Waals surface area contributed by atoms with E-state index in [9.17, 15) is 9.59 Å². The zero-order valence-corrected chi connectivity index (χ0v) is 20.2. The molecule has 1 N–H and O–H groups in total. The first-order chi connectivity index (χ1) is 14.6. The Morgan fingerprint density at radius 2 is 1.77 bits per heavy atom. The lowest BCUT2D eigenvalue weighted by Gasteiger charge is -2.31. The molecule has 1 atom stereocenters. The van der Waals surface area contributed by atoms with Crippen molar-refractivity contribution in [3.05, 3.63) is 65.2 Å². The first kappa shape index (κ1) is 24.8. The molecule has 0 aliphatic rings. The minimum atomic E-state index is -0.585. The highest BCUT2D eigenvalue weighted by molar-refractivity contribution is 7.99. The highest BCUT2D eigenvalue weighted by atomic mass is 32.2. The van der Waals surface area contributed by atoms with E-state index in [2.05, 4.69) is 36.5 Å². The Bertz CT molecular complexity index is 875. The van der Waals surface area contributed by atoms with E-state index in [4.69, 9.17) is 4.74 Å². The maximum atomic E-state index is 13.2. The summed E-state index contributed by atoms with van der Waals surface area (Å²) in [6, 6.07) is 15.3. The van der Waals surface area contributed by atoms with E-state index in [0.717, 1.165) is 17.1 Å². The standard InChI is InChI=1S/C25H34N2O3S/c1-18-10-12-20(13-11-18)16-31-17-23(28)27(19(2)24(29)26-25(3,4)5)15-21-8-7-9-22(14-21)30-6/h7-14,19H,15-17H2,1-6H3,(H,26,29)/t19-/m0/s1. The molecular weight excluding hydrogens is 408 g/mol. The Labute approximate surface area is 190 Å². The third kappa shape index (κ3) is 8.29. The van der Waals surface area contributed by atoms with Gasteiger partial charge >= 0.3 is 0 Å². The lowest BCUT2D eigenvalue weighted by molar-refractivity contribution is -0.139. The van der Waals surface area contributed by atoms with Gasteiger partial charge in [-0.1, -0.05) is 42.0 Å². The molecule has 0 bridgehead atoms. The van der Waals surface area contributed by atoms with Crippen molar-refractivity contribution in [2.45, 2.75) is 58.5 Å². The van der Waals surface area contributed by atoms with E-state index in [1.165, 1.54) is 11.1 Å².